The van der Waals surface area contributed by atoms with Gasteiger partial charge in [-0.05, 0) is 68.9 Å². The fourth-order valence-electron chi connectivity index (χ4n) is 6.17. The van der Waals surface area contributed by atoms with Crippen LogP contribution < -0.4 is 0 Å². The Kier molecular flexibility index (Phi) is 6.13. The monoisotopic (exact) mass is 400 g/mol. The molecule has 0 unspecified atom stereocenters. The maximum absolute atomic E-state index is 14.8. The Bertz CT molecular complexity index is 760. The molecule has 0 aromatic carbocycles. The third-order valence-corrected chi connectivity index (χ3v) is 7.57. The number of hydrogen-bond acceptors (Lipinski definition) is 1. The molecule has 4 aliphatic rings. The van der Waals surface area contributed by atoms with Crippen LogP contribution >= 0.6 is 0 Å². The molecule has 4 rings (SSSR count). The lowest BCUT2D eigenvalue weighted by Crippen LogP contribution is -2.24. The van der Waals surface area contributed by atoms with Gasteiger partial charge in [-0.2, -0.15) is 4.39 Å². The molecule has 0 radical (unpaired) electrons. The zero-order chi connectivity index (χ0) is 20.5. The van der Waals surface area contributed by atoms with Crippen molar-refractivity contribution in [3.05, 3.63) is 58.4 Å². The first-order valence-electron chi connectivity index (χ1n) is 11.5. The summed E-state index contributed by atoms with van der Waals surface area (Å²) in [5, 5.41) is 0. The van der Waals surface area contributed by atoms with Gasteiger partial charge in [-0.3, -0.25) is 0 Å². The highest BCUT2D eigenvalue weighted by Crippen LogP contribution is 2.59. The standard InChI is InChI=1S/C26H34F2O/c1-4-14-29-24(5-2)26(28)23(27)15-22-18-10-11-19(22)21-13-12-20(18)25(21)17-8-6-16(3)7-9-17/h5,15-17,22,25H,2,4,6-14H2,1,3H3/b23-15-,26-24-. The first kappa shape index (κ1) is 20.6. The second kappa shape index (κ2) is 8.62. The van der Waals surface area contributed by atoms with E-state index in [1.54, 1.807) is 11.1 Å². The molecule has 0 spiro atoms. The zero-order valence-electron chi connectivity index (χ0n) is 17.9. The van der Waals surface area contributed by atoms with Gasteiger partial charge in [0.25, 0.3) is 0 Å². The number of fused-ring (bicyclic) bond motifs is 4. The van der Waals surface area contributed by atoms with E-state index >= 15 is 0 Å². The van der Waals surface area contributed by atoms with Gasteiger partial charge in [0.15, 0.2) is 17.4 Å². The van der Waals surface area contributed by atoms with Crippen molar-refractivity contribution >= 4 is 0 Å². The van der Waals surface area contributed by atoms with Crippen LogP contribution in [0.2, 0.25) is 0 Å². The molecule has 0 N–H and O–H groups in total. The predicted molar refractivity (Wildman–Crippen MR) is 114 cm³/mol. The van der Waals surface area contributed by atoms with Crippen LogP contribution in [0.25, 0.3) is 0 Å². The fourth-order valence-corrected chi connectivity index (χ4v) is 6.17. The summed E-state index contributed by atoms with van der Waals surface area (Å²) >= 11 is 0. The third-order valence-electron chi connectivity index (χ3n) is 7.57. The summed E-state index contributed by atoms with van der Waals surface area (Å²) in [6, 6.07) is 0. The average molecular weight is 401 g/mol. The second-order valence-electron chi connectivity index (χ2n) is 9.32. The topological polar surface area (TPSA) is 9.23 Å². The van der Waals surface area contributed by atoms with E-state index in [1.807, 2.05) is 6.92 Å². The number of ether oxygens (including phenoxy) is 1. The lowest BCUT2D eigenvalue weighted by molar-refractivity contribution is 0.213. The smallest absolute Gasteiger partial charge is 0.200 e. The van der Waals surface area contributed by atoms with Crippen molar-refractivity contribution in [2.75, 3.05) is 6.61 Å². The summed E-state index contributed by atoms with van der Waals surface area (Å²) in [6.07, 6.45) is 13.1. The van der Waals surface area contributed by atoms with Crippen LogP contribution in [0.15, 0.2) is 58.4 Å². The number of allylic oxidation sites excluding steroid dienone is 8. The van der Waals surface area contributed by atoms with Gasteiger partial charge in [-0.15, -0.1) is 0 Å². The Labute approximate surface area is 174 Å². The van der Waals surface area contributed by atoms with Gasteiger partial charge in [-0.25, -0.2) is 4.39 Å². The maximum atomic E-state index is 14.8. The zero-order valence-corrected chi connectivity index (χ0v) is 17.9. The van der Waals surface area contributed by atoms with Crippen LogP contribution in [0.4, 0.5) is 8.78 Å². The van der Waals surface area contributed by atoms with E-state index in [1.165, 1.54) is 49.0 Å². The quantitative estimate of drug-likeness (QED) is 0.240. The highest BCUT2D eigenvalue weighted by molar-refractivity contribution is 5.52. The van der Waals surface area contributed by atoms with Gasteiger partial charge in [0.2, 0.25) is 0 Å². The first-order valence-corrected chi connectivity index (χ1v) is 11.5. The van der Waals surface area contributed by atoms with Gasteiger partial charge in [-0.1, -0.05) is 55.6 Å². The average Bonchev–Trinajstić information content (AvgIpc) is 3.23. The van der Waals surface area contributed by atoms with Crippen molar-refractivity contribution in [3.63, 3.8) is 0 Å². The van der Waals surface area contributed by atoms with E-state index < -0.39 is 11.7 Å². The molecule has 0 aromatic heterocycles. The van der Waals surface area contributed by atoms with Crippen LogP contribution in [-0.4, -0.2) is 6.61 Å². The summed E-state index contributed by atoms with van der Waals surface area (Å²) in [5.41, 5.74) is 5.93. The summed E-state index contributed by atoms with van der Waals surface area (Å²) in [4.78, 5) is 0. The molecule has 3 heteroatoms. The molecule has 0 aliphatic heterocycles. The van der Waals surface area contributed by atoms with Crippen molar-refractivity contribution in [1.29, 1.82) is 0 Å². The van der Waals surface area contributed by atoms with Gasteiger partial charge < -0.3 is 4.74 Å². The second-order valence-corrected chi connectivity index (χ2v) is 9.32. The Morgan fingerprint density at radius 3 is 2.14 bits per heavy atom. The summed E-state index contributed by atoms with van der Waals surface area (Å²) in [5.74, 6) is 0.388. The van der Waals surface area contributed by atoms with E-state index in [2.05, 4.69) is 13.5 Å². The van der Waals surface area contributed by atoms with Crippen LogP contribution in [-0.2, 0) is 4.74 Å². The van der Waals surface area contributed by atoms with Crippen LogP contribution in [0.5, 0.6) is 0 Å². The Morgan fingerprint density at radius 2 is 1.59 bits per heavy atom. The molecule has 1 nitrogen and oxygen atoms in total. The highest BCUT2D eigenvalue weighted by Gasteiger charge is 2.45. The molecule has 0 saturated heterocycles. The van der Waals surface area contributed by atoms with E-state index in [9.17, 15) is 8.78 Å². The van der Waals surface area contributed by atoms with Crippen molar-refractivity contribution in [3.8, 4) is 0 Å². The minimum absolute atomic E-state index is 0.0377. The summed E-state index contributed by atoms with van der Waals surface area (Å²) in [6.45, 7) is 8.23. The lowest BCUT2D eigenvalue weighted by atomic mass is 9.69. The van der Waals surface area contributed by atoms with Gasteiger partial charge in [0.05, 0.1) is 6.61 Å². The van der Waals surface area contributed by atoms with E-state index in [0.717, 1.165) is 43.9 Å². The molecule has 0 aromatic rings. The first-order chi connectivity index (χ1) is 14.0. The van der Waals surface area contributed by atoms with Crippen LogP contribution in [0.1, 0.15) is 71.6 Å². The van der Waals surface area contributed by atoms with E-state index in [-0.39, 0.29) is 11.7 Å². The number of rotatable bonds is 7. The molecule has 3 saturated carbocycles. The molecule has 29 heavy (non-hydrogen) atoms. The van der Waals surface area contributed by atoms with Crippen molar-refractivity contribution in [2.24, 2.45) is 23.7 Å². The normalized spacial score (nSPS) is 32.6. The highest BCUT2D eigenvalue weighted by atomic mass is 19.2. The van der Waals surface area contributed by atoms with Crippen LogP contribution in [0, 0.1) is 23.7 Å². The molecule has 158 valence electrons. The Hall–Kier alpha value is -1.64. The van der Waals surface area contributed by atoms with Crippen molar-refractivity contribution in [2.45, 2.75) is 71.6 Å². The third kappa shape index (κ3) is 3.78. The van der Waals surface area contributed by atoms with E-state index in [0.29, 0.717) is 12.5 Å². The van der Waals surface area contributed by atoms with Crippen molar-refractivity contribution < 1.29 is 13.5 Å². The minimum Gasteiger partial charge on any atom is -0.490 e. The Morgan fingerprint density at radius 1 is 1.00 bits per heavy atom. The SMILES string of the molecule is C=C/C(OCCC)=C(F)\C(F)=C\C1C2=C3CCC(=C1CC2)C3C1CCC(C)CC1. The van der Waals surface area contributed by atoms with Gasteiger partial charge in [0.1, 0.15) is 0 Å². The molecule has 3 fully saturated rings. The van der Waals surface area contributed by atoms with Gasteiger partial charge in [0, 0.05) is 11.8 Å². The molecular formula is C26H34F2O. The summed E-state index contributed by atoms with van der Waals surface area (Å²) in [7, 11) is 0. The van der Waals surface area contributed by atoms with Crippen LogP contribution in [0.3, 0.4) is 0 Å². The van der Waals surface area contributed by atoms with Crippen molar-refractivity contribution in [1.82, 2.24) is 0 Å². The van der Waals surface area contributed by atoms with E-state index in [4.69, 9.17) is 4.74 Å². The number of halogens is 2. The largest absolute Gasteiger partial charge is 0.490 e. The molecule has 0 amide bonds. The molecule has 4 bridgehead atoms. The minimum atomic E-state index is -0.917. The molecular weight excluding hydrogens is 366 g/mol. The lowest BCUT2D eigenvalue weighted by Gasteiger charge is -2.36. The predicted octanol–water partition coefficient (Wildman–Crippen LogP) is 7.89. The molecule has 0 atom stereocenters. The Balaban J connectivity index is 1.61. The maximum Gasteiger partial charge on any atom is 0.200 e. The fraction of sp³-hybridized carbons (Fsp3) is 0.615. The van der Waals surface area contributed by atoms with Gasteiger partial charge >= 0.3 is 0 Å². The molecule has 0 heterocycles. The number of hydrogen-bond donors (Lipinski definition) is 0. The summed E-state index contributed by atoms with van der Waals surface area (Å²) < 4.78 is 34.8. The molecule has 4 aliphatic carbocycles.